The SMILES string of the molecule is CCN(Cc1ccccc1)c1cc(N)ccn1. The average Bonchev–Trinajstić information content (AvgIpc) is 2.37. The van der Waals surface area contributed by atoms with Gasteiger partial charge in [-0.05, 0) is 18.6 Å². The van der Waals surface area contributed by atoms with Crippen molar-refractivity contribution in [3.05, 3.63) is 54.2 Å². The topological polar surface area (TPSA) is 42.1 Å². The third kappa shape index (κ3) is 2.97. The molecule has 1 heterocycles. The van der Waals surface area contributed by atoms with Gasteiger partial charge < -0.3 is 10.6 Å². The maximum Gasteiger partial charge on any atom is 0.130 e. The summed E-state index contributed by atoms with van der Waals surface area (Å²) in [6.45, 7) is 3.88. The second kappa shape index (κ2) is 5.34. The van der Waals surface area contributed by atoms with Crippen molar-refractivity contribution in [1.82, 2.24) is 4.98 Å². The van der Waals surface area contributed by atoms with Crippen molar-refractivity contribution in [2.75, 3.05) is 17.2 Å². The van der Waals surface area contributed by atoms with Crippen LogP contribution in [0.4, 0.5) is 11.5 Å². The molecule has 0 amide bonds. The maximum absolute atomic E-state index is 5.78. The first-order chi connectivity index (χ1) is 8.29. The molecule has 0 saturated heterocycles. The van der Waals surface area contributed by atoms with Gasteiger partial charge in [0.25, 0.3) is 0 Å². The highest BCUT2D eigenvalue weighted by Crippen LogP contribution is 2.16. The van der Waals surface area contributed by atoms with E-state index in [0.717, 1.165) is 24.6 Å². The monoisotopic (exact) mass is 227 g/mol. The molecular weight excluding hydrogens is 210 g/mol. The number of aromatic nitrogens is 1. The largest absolute Gasteiger partial charge is 0.399 e. The molecule has 0 atom stereocenters. The van der Waals surface area contributed by atoms with Crippen LogP contribution in [0, 0.1) is 0 Å². The Hall–Kier alpha value is -2.03. The summed E-state index contributed by atoms with van der Waals surface area (Å²) in [5.41, 5.74) is 7.81. The number of hydrogen-bond acceptors (Lipinski definition) is 3. The Morgan fingerprint density at radius 1 is 1.18 bits per heavy atom. The van der Waals surface area contributed by atoms with Gasteiger partial charge in [0, 0.05) is 31.0 Å². The van der Waals surface area contributed by atoms with Gasteiger partial charge in [-0.15, -0.1) is 0 Å². The Labute approximate surface area is 102 Å². The van der Waals surface area contributed by atoms with Crippen LogP contribution in [0.5, 0.6) is 0 Å². The van der Waals surface area contributed by atoms with E-state index < -0.39 is 0 Å². The zero-order chi connectivity index (χ0) is 12.1. The van der Waals surface area contributed by atoms with Gasteiger partial charge in [-0.3, -0.25) is 0 Å². The molecule has 0 radical (unpaired) electrons. The van der Waals surface area contributed by atoms with E-state index >= 15 is 0 Å². The molecule has 3 nitrogen and oxygen atoms in total. The standard InChI is InChI=1S/C14H17N3/c1-2-17(11-12-6-4-3-5-7-12)14-10-13(15)8-9-16-14/h3-10H,2,11H2,1H3,(H2,15,16). The number of hydrogen-bond donors (Lipinski definition) is 1. The fourth-order valence-corrected chi connectivity index (χ4v) is 1.77. The summed E-state index contributed by atoms with van der Waals surface area (Å²) in [6.07, 6.45) is 1.75. The number of nitrogens with two attached hydrogens (primary N) is 1. The van der Waals surface area contributed by atoms with E-state index in [2.05, 4.69) is 41.1 Å². The van der Waals surface area contributed by atoms with E-state index in [0.29, 0.717) is 0 Å². The van der Waals surface area contributed by atoms with Crippen molar-refractivity contribution in [1.29, 1.82) is 0 Å². The van der Waals surface area contributed by atoms with Crippen molar-refractivity contribution < 1.29 is 0 Å². The lowest BCUT2D eigenvalue weighted by Gasteiger charge is -2.22. The summed E-state index contributed by atoms with van der Waals surface area (Å²) in [4.78, 5) is 6.55. The quantitative estimate of drug-likeness (QED) is 0.873. The molecule has 2 N–H and O–H groups in total. The summed E-state index contributed by atoms with van der Waals surface area (Å²) in [7, 11) is 0. The molecule has 2 rings (SSSR count). The predicted molar refractivity (Wildman–Crippen MR) is 71.8 cm³/mol. The minimum absolute atomic E-state index is 0.751. The van der Waals surface area contributed by atoms with Crippen molar-refractivity contribution in [2.45, 2.75) is 13.5 Å². The second-order valence-electron chi connectivity index (χ2n) is 3.95. The van der Waals surface area contributed by atoms with Gasteiger partial charge in [0.05, 0.1) is 0 Å². The Morgan fingerprint density at radius 2 is 1.94 bits per heavy atom. The molecule has 17 heavy (non-hydrogen) atoms. The highest BCUT2D eigenvalue weighted by molar-refractivity contribution is 5.50. The van der Waals surface area contributed by atoms with Crippen LogP contribution in [-0.2, 0) is 6.54 Å². The van der Waals surface area contributed by atoms with Crippen molar-refractivity contribution >= 4 is 11.5 Å². The summed E-state index contributed by atoms with van der Waals surface area (Å²) in [5.74, 6) is 0.927. The number of nitrogens with zero attached hydrogens (tertiary/aromatic N) is 2. The fraction of sp³-hybridized carbons (Fsp3) is 0.214. The van der Waals surface area contributed by atoms with Crippen LogP contribution in [-0.4, -0.2) is 11.5 Å². The van der Waals surface area contributed by atoms with E-state index in [1.165, 1.54) is 5.56 Å². The highest BCUT2D eigenvalue weighted by Gasteiger charge is 2.06. The molecule has 0 spiro atoms. The third-order valence-electron chi connectivity index (χ3n) is 2.69. The van der Waals surface area contributed by atoms with Crippen LogP contribution in [0.15, 0.2) is 48.7 Å². The molecule has 0 fully saturated rings. The zero-order valence-electron chi connectivity index (χ0n) is 10.0. The molecule has 3 heteroatoms. The molecule has 0 aliphatic rings. The van der Waals surface area contributed by atoms with Gasteiger partial charge in [0.15, 0.2) is 0 Å². The first kappa shape index (κ1) is 11.5. The van der Waals surface area contributed by atoms with Crippen molar-refractivity contribution in [2.24, 2.45) is 0 Å². The molecular formula is C14H17N3. The van der Waals surface area contributed by atoms with Crippen LogP contribution >= 0.6 is 0 Å². The van der Waals surface area contributed by atoms with Crippen LogP contribution in [0.25, 0.3) is 0 Å². The van der Waals surface area contributed by atoms with Gasteiger partial charge in [-0.2, -0.15) is 0 Å². The molecule has 0 unspecified atom stereocenters. The Bertz CT molecular complexity index is 468. The van der Waals surface area contributed by atoms with Crippen LogP contribution < -0.4 is 10.6 Å². The lowest BCUT2D eigenvalue weighted by Crippen LogP contribution is -2.23. The molecule has 0 aliphatic carbocycles. The van der Waals surface area contributed by atoms with Gasteiger partial charge in [0.2, 0.25) is 0 Å². The molecule has 2 aromatic rings. The summed E-state index contributed by atoms with van der Waals surface area (Å²) in [5, 5.41) is 0. The van der Waals surface area contributed by atoms with Gasteiger partial charge in [-0.1, -0.05) is 30.3 Å². The second-order valence-corrected chi connectivity index (χ2v) is 3.95. The van der Waals surface area contributed by atoms with E-state index in [9.17, 15) is 0 Å². The zero-order valence-corrected chi connectivity index (χ0v) is 10.0. The van der Waals surface area contributed by atoms with Crippen molar-refractivity contribution in [3.63, 3.8) is 0 Å². The maximum atomic E-state index is 5.78. The first-order valence-electron chi connectivity index (χ1n) is 5.80. The number of anilines is 2. The number of rotatable bonds is 4. The highest BCUT2D eigenvalue weighted by atomic mass is 15.2. The van der Waals surface area contributed by atoms with Crippen LogP contribution in [0.3, 0.4) is 0 Å². The molecule has 0 aliphatic heterocycles. The minimum atomic E-state index is 0.751. The van der Waals surface area contributed by atoms with E-state index in [1.54, 1.807) is 12.3 Å². The van der Waals surface area contributed by atoms with Crippen LogP contribution in [0.1, 0.15) is 12.5 Å². The third-order valence-corrected chi connectivity index (χ3v) is 2.69. The smallest absolute Gasteiger partial charge is 0.130 e. The van der Waals surface area contributed by atoms with Crippen molar-refractivity contribution in [3.8, 4) is 0 Å². The Balaban J connectivity index is 2.17. The lowest BCUT2D eigenvalue weighted by molar-refractivity contribution is 0.814. The average molecular weight is 227 g/mol. The minimum Gasteiger partial charge on any atom is -0.399 e. The molecule has 88 valence electrons. The van der Waals surface area contributed by atoms with Gasteiger partial charge in [0.1, 0.15) is 5.82 Å². The number of pyridine rings is 1. The predicted octanol–water partition coefficient (Wildman–Crippen LogP) is 2.69. The Morgan fingerprint density at radius 3 is 2.59 bits per heavy atom. The molecule has 1 aromatic carbocycles. The van der Waals surface area contributed by atoms with E-state index in [1.807, 2.05) is 12.1 Å². The summed E-state index contributed by atoms with van der Waals surface area (Å²) in [6, 6.07) is 14.1. The van der Waals surface area contributed by atoms with Gasteiger partial charge in [-0.25, -0.2) is 4.98 Å². The van der Waals surface area contributed by atoms with E-state index in [4.69, 9.17) is 5.73 Å². The fourth-order valence-electron chi connectivity index (χ4n) is 1.77. The Kier molecular flexibility index (Phi) is 3.60. The first-order valence-corrected chi connectivity index (χ1v) is 5.80. The molecule has 1 aromatic heterocycles. The summed E-state index contributed by atoms with van der Waals surface area (Å²) >= 11 is 0. The molecule has 0 bridgehead atoms. The van der Waals surface area contributed by atoms with Gasteiger partial charge >= 0.3 is 0 Å². The van der Waals surface area contributed by atoms with E-state index in [-0.39, 0.29) is 0 Å². The normalized spacial score (nSPS) is 10.2. The lowest BCUT2D eigenvalue weighted by atomic mass is 10.2. The number of benzene rings is 1. The summed E-state index contributed by atoms with van der Waals surface area (Å²) < 4.78 is 0. The van der Waals surface area contributed by atoms with Crippen LogP contribution in [0.2, 0.25) is 0 Å². The number of nitrogen functional groups attached to an aromatic ring is 1. The molecule has 0 saturated carbocycles.